The second-order valence-corrected chi connectivity index (χ2v) is 9.89. The third kappa shape index (κ3) is 5.42. The van der Waals surface area contributed by atoms with Crippen LogP contribution in [0.3, 0.4) is 0 Å². The zero-order chi connectivity index (χ0) is 29.3. The fraction of sp³-hybridized carbons (Fsp3) is 0.194. The molecule has 1 aliphatic carbocycles. The van der Waals surface area contributed by atoms with Crippen molar-refractivity contribution < 1.29 is 19.1 Å². The zero-order valence-electron chi connectivity index (χ0n) is 22.8. The highest BCUT2D eigenvalue weighted by atomic mass is 19.1. The number of ketones is 1. The number of rotatable bonds is 7. The van der Waals surface area contributed by atoms with Gasteiger partial charge in [-0.25, -0.2) is 9.37 Å². The van der Waals surface area contributed by atoms with Crippen LogP contribution in [0.15, 0.2) is 70.7 Å². The summed E-state index contributed by atoms with van der Waals surface area (Å²) in [6, 6.07) is 15.0. The Morgan fingerprint density at radius 3 is 2.66 bits per heavy atom. The predicted molar refractivity (Wildman–Crippen MR) is 156 cm³/mol. The molecule has 41 heavy (non-hydrogen) atoms. The number of aliphatic hydroxyl groups excluding tert-OH is 1. The van der Waals surface area contributed by atoms with Gasteiger partial charge in [-0.15, -0.1) is 0 Å². The van der Waals surface area contributed by atoms with Crippen LogP contribution in [0.5, 0.6) is 0 Å². The van der Waals surface area contributed by atoms with E-state index in [1.54, 1.807) is 43.4 Å². The number of anilines is 3. The monoisotopic (exact) mass is 553 g/mol. The van der Waals surface area contributed by atoms with Crippen LogP contribution in [0.1, 0.15) is 44.5 Å². The van der Waals surface area contributed by atoms with Crippen molar-refractivity contribution in [3.63, 3.8) is 0 Å². The highest BCUT2D eigenvalue weighted by Gasteiger charge is 2.26. The van der Waals surface area contributed by atoms with E-state index in [2.05, 4.69) is 15.4 Å². The summed E-state index contributed by atoms with van der Waals surface area (Å²) in [5.74, 6) is -0.318. The van der Waals surface area contributed by atoms with E-state index in [1.807, 2.05) is 18.2 Å². The lowest BCUT2D eigenvalue weighted by molar-refractivity contribution is 0.101. The van der Waals surface area contributed by atoms with Gasteiger partial charge in [-0.05, 0) is 48.4 Å². The molecule has 4 aromatic rings. The molecule has 0 radical (unpaired) electrons. The fourth-order valence-electron chi connectivity index (χ4n) is 5.03. The molecule has 0 amide bonds. The Labute approximate surface area is 235 Å². The number of hydrazone groups is 1. The minimum absolute atomic E-state index is 0.0766. The summed E-state index contributed by atoms with van der Waals surface area (Å²) in [5, 5.41) is 20.1. The molecule has 1 atom stereocenters. The van der Waals surface area contributed by atoms with Crippen LogP contribution in [0, 0.1) is 5.82 Å². The quantitative estimate of drug-likeness (QED) is 0.152. The van der Waals surface area contributed by atoms with Crippen LogP contribution in [0.2, 0.25) is 0 Å². The van der Waals surface area contributed by atoms with E-state index in [0.29, 0.717) is 46.7 Å². The summed E-state index contributed by atoms with van der Waals surface area (Å²) in [5.41, 5.74) is 4.56. The van der Waals surface area contributed by atoms with Gasteiger partial charge in [0.15, 0.2) is 12.1 Å². The van der Waals surface area contributed by atoms with Gasteiger partial charge in [0.05, 0.1) is 23.6 Å². The highest BCUT2D eigenvalue weighted by molar-refractivity contribution is 5.94. The van der Waals surface area contributed by atoms with E-state index in [-0.39, 0.29) is 23.3 Å². The van der Waals surface area contributed by atoms with Gasteiger partial charge in [-0.1, -0.05) is 24.3 Å². The van der Waals surface area contributed by atoms with Gasteiger partial charge in [0.1, 0.15) is 17.3 Å². The number of aldehydes is 1. The molecule has 2 N–H and O–H groups in total. The molecule has 1 unspecified atom stereocenters. The number of Topliss-reactive ketones (excluding diaryl/α,β-unsaturated/α-hetero) is 1. The van der Waals surface area contributed by atoms with Gasteiger partial charge >= 0.3 is 0 Å². The predicted octanol–water partition coefficient (Wildman–Crippen LogP) is 4.27. The molecule has 9 nitrogen and oxygen atoms in total. The number of aliphatic hydroxyl groups is 1. The molecule has 10 heteroatoms. The first-order valence-corrected chi connectivity index (χ1v) is 13.0. The van der Waals surface area contributed by atoms with E-state index < -0.39 is 11.9 Å². The number of nitrogens with one attached hydrogen (secondary N) is 1. The highest BCUT2D eigenvalue weighted by Crippen LogP contribution is 2.38. The van der Waals surface area contributed by atoms with Crippen molar-refractivity contribution in [3.8, 4) is 11.1 Å². The fourth-order valence-corrected chi connectivity index (χ4v) is 5.03. The number of halogens is 1. The van der Waals surface area contributed by atoms with Crippen LogP contribution in [0.25, 0.3) is 11.1 Å². The van der Waals surface area contributed by atoms with Crippen LogP contribution in [-0.4, -0.2) is 46.1 Å². The van der Waals surface area contributed by atoms with Gasteiger partial charge < -0.3 is 15.0 Å². The smallest absolute Gasteiger partial charge is 0.274 e. The maximum atomic E-state index is 14.1. The van der Waals surface area contributed by atoms with Crippen LogP contribution < -0.4 is 15.9 Å². The van der Waals surface area contributed by atoms with Crippen molar-refractivity contribution in [3.05, 3.63) is 105 Å². The Hall–Kier alpha value is -4.96. The van der Waals surface area contributed by atoms with E-state index >= 15 is 0 Å². The molecule has 0 fully saturated rings. The Bertz CT molecular complexity index is 1750. The number of pyridine rings is 2. The molecule has 0 spiro atoms. The summed E-state index contributed by atoms with van der Waals surface area (Å²) >= 11 is 0. The van der Waals surface area contributed by atoms with Crippen LogP contribution in [0.4, 0.5) is 21.6 Å². The summed E-state index contributed by atoms with van der Waals surface area (Å²) in [4.78, 5) is 40.5. The maximum absolute atomic E-state index is 14.1. The Morgan fingerprint density at radius 2 is 1.95 bits per heavy atom. The average molecular weight is 554 g/mol. The van der Waals surface area contributed by atoms with Crippen molar-refractivity contribution in [1.29, 1.82) is 0 Å². The summed E-state index contributed by atoms with van der Waals surface area (Å²) in [6.07, 6.45) is 3.15. The van der Waals surface area contributed by atoms with Gasteiger partial charge in [-0.3, -0.25) is 19.4 Å². The number of nitrogens with zero attached hydrogens (tertiary/aromatic N) is 4. The molecular formula is C31H28FN5O4. The normalized spacial score (nSPS) is 14.2. The molecule has 2 aromatic heterocycles. The van der Waals surface area contributed by atoms with Gasteiger partial charge in [0.25, 0.3) is 5.56 Å². The second kappa shape index (κ2) is 11.3. The van der Waals surface area contributed by atoms with E-state index in [1.165, 1.54) is 36.0 Å². The summed E-state index contributed by atoms with van der Waals surface area (Å²) in [7, 11) is 3.40. The Kier molecular flexibility index (Phi) is 7.58. The zero-order valence-corrected chi connectivity index (χ0v) is 22.8. The number of hydrogen-bond acceptors (Lipinski definition) is 8. The summed E-state index contributed by atoms with van der Waals surface area (Å²) in [6.45, 7) is 1.46. The van der Waals surface area contributed by atoms with Gasteiger partial charge in [0.2, 0.25) is 0 Å². The molecule has 1 aliphatic rings. The third-order valence-corrected chi connectivity index (χ3v) is 7.21. The number of hydrogen-bond donors (Lipinski definition) is 2. The first kappa shape index (κ1) is 27.6. The van der Waals surface area contributed by atoms with E-state index in [9.17, 15) is 23.9 Å². The lowest BCUT2D eigenvalue weighted by atomic mass is 9.96. The topological polar surface area (TPSA) is 117 Å². The number of fused-ring (bicyclic) bond motifs is 3. The van der Waals surface area contributed by atoms with Gasteiger partial charge in [-0.2, -0.15) is 5.10 Å². The van der Waals surface area contributed by atoms with E-state index in [4.69, 9.17) is 0 Å². The lowest BCUT2D eigenvalue weighted by Gasteiger charge is -2.21. The first-order valence-electron chi connectivity index (χ1n) is 13.0. The maximum Gasteiger partial charge on any atom is 0.274 e. The first-order chi connectivity index (χ1) is 19.7. The standard InChI is InChI=1S/C31H28FN5O4/c1-18(39)19-10-11-30(33-15-19)35-27-14-24-22-7-5-9-28(23(22)12-21(40)13-29(24)36(2)31(27)41)37(3)34-16-20-6-4-8-26(32)25(20)17-38/h4-11,14-17,21,40H,12-13H2,1-3H3,(H,33,35)/b34-16-. The Morgan fingerprint density at radius 1 is 1.17 bits per heavy atom. The molecule has 2 aromatic carbocycles. The van der Waals surface area contributed by atoms with Crippen molar-refractivity contribution in [1.82, 2.24) is 9.55 Å². The molecule has 0 saturated heterocycles. The molecular weight excluding hydrogens is 525 g/mol. The molecule has 0 bridgehead atoms. The SMILES string of the molecule is CC(=O)c1ccc(Nc2cc3c(n(C)c2=O)CC(O)Cc2c-3cccc2N(C)/N=C\c2cccc(F)c2C=O)nc1. The Balaban J connectivity index is 1.56. The third-order valence-electron chi connectivity index (χ3n) is 7.21. The molecule has 208 valence electrons. The van der Waals surface area contributed by atoms with Gasteiger partial charge in [0, 0.05) is 55.5 Å². The molecule has 2 heterocycles. The second-order valence-electron chi connectivity index (χ2n) is 9.89. The van der Waals surface area contributed by atoms with Crippen LogP contribution >= 0.6 is 0 Å². The number of carbonyl (C=O) groups excluding carboxylic acids is 2. The average Bonchev–Trinajstić information content (AvgIpc) is 3.10. The van der Waals surface area contributed by atoms with Crippen molar-refractivity contribution in [2.75, 3.05) is 17.4 Å². The molecule has 0 saturated carbocycles. The molecule has 0 aliphatic heterocycles. The largest absolute Gasteiger partial charge is 0.392 e. The minimum atomic E-state index is -0.761. The van der Waals surface area contributed by atoms with Crippen molar-refractivity contribution in [2.24, 2.45) is 12.1 Å². The van der Waals surface area contributed by atoms with Crippen molar-refractivity contribution >= 4 is 35.5 Å². The van der Waals surface area contributed by atoms with E-state index in [0.717, 1.165) is 16.7 Å². The summed E-state index contributed by atoms with van der Waals surface area (Å²) < 4.78 is 15.6. The molecule has 5 rings (SSSR count). The number of aromatic nitrogens is 2. The minimum Gasteiger partial charge on any atom is -0.392 e. The number of benzene rings is 2. The lowest BCUT2D eigenvalue weighted by Crippen LogP contribution is -2.26. The van der Waals surface area contributed by atoms with Crippen molar-refractivity contribution in [2.45, 2.75) is 25.9 Å². The number of carbonyl (C=O) groups is 2. The van der Waals surface area contributed by atoms with Crippen LogP contribution in [-0.2, 0) is 19.9 Å².